The highest BCUT2D eigenvalue weighted by atomic mass is 32.1. The standard InChI is InChI=1S/C13H14N6O3S/c1-7-8(2)23-13(15-7)18-11(14)17-12(20)16-9-3-5-10(6-4-9)19(21)22/h3-6H,1-2H3,(H4,14,15,16,17,18,20). The fourth-order valence-electron chi connectivity index (χ4n) is 1.58. The van der Waals surface area contributed by atoms with Gasteiger partial charge in [-0.1, -0.05) is 11.3 Å². The zero-order valence-corrected chi connectivity index (χ0v) is 13.2. The van der Waals surface area contributed by atoms with Gasteiger partial charge in [0.25, 0.3) is 5.69 Å². The lowest BCUT2D eigenvalue weighted by Gasteiger charge is -2.06. The number of anilines is 1. The third-order valence-corrected chi connectivity index (χ3v) is 3.78. The minimum Gasteiger partial charge on any atom is -0.369 e. The molecule has 1 aromatic carbocycles. The molecule has 0 aliphatic rings. The summed E-state index contributed by atoms with van der Waals surface area (Å²) in [6, 6.07) is 4.80. The first kappa shape index (κ1) is 16.4. The SMILES string of the molecule is Cc1nc(/N=C(\N)NC(=O)Nc2ccc([N+](=O)[O-])cc2)sc1C. The Morgan fingerprint density at radius 1 is 1.35 bits per heavy atom. The summed E-state index contributed by atoms with van der Waals surface area (Å²) in [5.41, 5.74) is 6.82. The van der Waals surface area contributed by atoms with Crippen LogP contribution in [0.5, 0.6) is 0 Å². The molecule has 0 atom stereocenters. The Balaban J connectivity index is 1.97. The molecule has 2 rings (SSSR count). The summed E-state index contributed by atoms with van der Waals surface area (Å²) in [4.78, 5) is 31.0. The van der Waals surface area contributed by atoms with Crippen molar-refractivity contribution in [2.75, 3.05) is 5.32 Å². The van der Waals surface area contributed by atoms with Gasteiger partial charge in [0.15, 0.2) is 0 Å². The zero-order chi connectivity index (χ0) is 17.0. The van der Waals surface area contributed by atoms with Crippen molar-refractivity contribution < 1.29 is 9.72 Å². The number of benzene rings is 1. The third kappa shape index (κ3) is 4.48. The predicted molar refractivity (Wildman–Crippen MR) is 88.1 cm³/mol. The molecule has 0 fully saturated rings. The number of guanidine groups is 1. The number of hydrogen-bond donors (Lipinski definition) is 3. The van der Waals surface area contributed by atoms with Crippen LogP contribution in [0.1, 0.15) is 10.6 Å². The molecule has 0 radical (unpaired) electrons. The van der Waals surface area contributed by atoms with Gasteiger partial charge in [-0.15, -0.1) is 0 Å². The number of nitrogens with zero attached hydrogens (tertiary/aromatic N) is 3. The second-order valence-electron chi connectivity index (χ2n) is 4.52. The van der Waals surface area contributed by atoms with Gasteiger partial charge in [0.1, 0.15) is 0 Å². The molecule has 0 aliphatic heterocycles. The normalized spacial score (nSPS) is 11.1. The Bertz CT molecular complexity index is 749. The summed E-state index contributed by atoms with van der Waals surface area (Å²) in [5.74, 6) is -0.0989. The quantitative estimate of drug-likeness (QED) is 0.343. The number of amides is 2. The van der Waals surface area contributed by atoms with Gasteiger partial charge >= 0.3 is 6.03 Å². The van der Waals surface area contributed by atoms with E-state index in [4.69, 9.17) is 5.73 Å². The molecule has 120 valence electrons. The molecule has 23 heavy (non-hydrogen) atoms. The number of urea groups is 1. The van der Waals surface area contributed by atoms with Crippen LogP contribution in [0.2, 0.25) is 0 Å². The average molecular weight is 334 g/mol. The van der Waals surface area contributed by atoms with Crippen LogP contribution in [0.4, 0.5) is 21.3 Å². The summed E-state index contributed by atoms with van der Waals surface area (Å²) in [6.45, 7) is 3.77. The maximum atomic E-state index is 11.8. The lowest BCUT2D eigenvalue weighted by molar-refractivity contribution is -0.384. The number of aliphatic imine (C=N–C) groups is 1. The Morgan fingerprint density at radius 3 is 2.52 bits per heavy atom. The number of thiazole rings is 1. The number of aryl methyl sites for hydroxylation is 2. The van der Waals surface area contributed by atoms with Gasteiger partial charge in [-0.25, -0.2) is 9.78 Å². The molecule has 1 heterocycles. The van der Waals surface area contributed by atoms with E-state index in [2.05, 4.69) is 20.6 Å². The molecule has 0 unspecified atom stereocenters. The Labute approximate surface area is 135 Å². The zero-order valence-electron chi connectivity index (χ0n) is 12.4. The van der Waals surface area contributed by atoms with Gasteiger partial charge in [-0.3, -0.25) is 15.4 Å². The van der Waals surface area contributed by atoms with E-state index < -0.39 is 11.0 Å². The Hall–Kier alpha value is -3.01. The number of aromatic nitrogens is 1. The molecular formula is C13H14N6O3S. The predicted octanol–water partition coefficient (Wildman–Crippen LogP) is 2.44. The van der Waals surface area contributed by atoms with Crippen LogP contribution in [0, 0.1) is 24.0 Å². The van der Waals surface area contributed by atoms with Crippen LogP contribution >= 0.6 is 11.3 Å². The molecule has 0 spiro atoms. The van der Waals surface area contributed by atoms with E-state index in [1.165, 1.54) is 35.6 Å². The highest BCUT2D eigenvalue weighted by molar-refractivity contribution is 7.15. The van der Waals surface area contributed by atoms with E-state index in [1.54, 1.807) is 0 Å². The minimum atomic E-state index is -0.606. The van der Waals surface area contributed by atoms with Gasteiger partial charge in [0, 0.05) is 22.7 Å². The van der Waals surface area contributed by atoms with Crippen LogP contribution in [0.15, 0.2) is 29.3 Å². The van der Waals surface area contributed by atoms with Crippen molar-refractivity contribution in [2.45, 2.75) is 13.8 Å². The number of hydrogen-bond acceptors (Lipinski definition) is 6. The highest BCUT2D eigenvalue weighted by Gasteiger charge is 2.08. The van der Waals surface area contributed by atoms with Crippen molar-refractivity contribution in [1.29, 1.82) is 0 Å². The minimum absolute atomic E-state index is 0.0634. The summed E-state index contributed by atoms with van der Waals surface area (Å²) in [6.07, 6.45) is 0. The van der Waals surface area contributed by atoms with E-state index in [9.17, 15) is 14.9 Å². The largest absolute Gasteiger partial charge is 0.369 e. The first-order valence-electron chi connectivity index (χ1n) is 6.46. The maximum Gasteiger partial charge on any atom is 0.325 e. The summed E-state index contributed by atoms with van der Waals surface area (Å²) in [5, 5.41) is 15.8. The Kier molecular flexibility index (Phi) is 4.86. The van der Waals surface area contributed by atoms with Gasteiger partial charge in [0.05, 0.1) is 10.6 Å². The first-order valence-corrected chi connectivity index (χ1v) is 7.27. The highest BCUT2D eigenvalue weighted by Crippen LogP contribution is 2.23. The molecule has 0 saturated heterocycles. The summed E-state index contributed by atoms with van der Waals surface area (Å²) in [7, 11) is 0. The van der Waals surface area contributed by atoms with Crippen molar-refractivity contribution in [3.05, 3.63) is 45.0 Å². The van der Waals surface area contributed by atoms with Crippen molar-refractivity contribution in [3.8, 4) is 0 Å². The molecule has 4 N–H and O–H groups in total. The number of carbonyl (C=O) groups excluding carboxylic acids is 1. The number of nitrogens with one attached hydrogen (secondary N) is 2. The summed E-state index contributed by atoms with van der Waals surface area (Å²) < 4.78 is 0. The van der Waals surface area contributed by atoms with E-state index in [0.29, 0.717) is 10.8 Å². The molecule has 2 amide bonds. The van der Waals surface area contributed by atoms with Crippen molar-refractivity contribution in [2.24, 2.45) is 10.7 Å². The van der Waals surface area contributed by atoms with Crippen molar-refractivity contribution >= 4 is 39.8 Å². The molecule has 0 aliphatic carbocycles. The lowest BCUT2D eigenvalue weighted by Crippen LogP contribution is -2.39. The average Bonchev–Trinajstić information content (AvgIpc) is 2.77. The number of rotatable bonds is 3. The van der Waals surface area contributed by atoms with Crippen LogP contribution in [-0.4, -0.2) is 21.9 Å². The lowest BCUT2D eigenvalue weighted by atomic mass is 10.3. The van der Waals surface area contributed by atoms with Gasteiger partial charge < -0.3 is 11.1 Å². The van der Waals surface area contributed by atoms with Crippen molar-refractivity contribution in [3.63, 3.8) is 0 Å². The van der Waals surface area contributed by atoms with Crippen LogP contribution in [0.3, 0.4) is 0 Å². The number of non-ortho nitro benzene ring substituents is 1. The molecular weight excluding hydrogens is 320 g/mol. The van der Waals surface area contributed by atoms with Crippen LogP contribution in [-0.2, 0) is 0 Å². The first-order chi connectivity index (χ1) is 10.8. The molecule has 1 aromatic heterocycles. The Morgan fingerprint density at radius 2 is 2.00 bits per heavy atom. The number of carbonyl (C=O) groups is 1. The smallest absolute Gasteiger partial charge is 0.325 e. The fourth-order valence-corrected chi connectivity index (χ4v) is 2.37. The second-order valence-corrected chi connectivity index (χ2v) is 5.70. The van der Waals surface area contributed by atoms with E-state index in [-0.39, 0.29) is 11.6 Å². The van der Waals surface area contributed by atoms with Gasteiger partial charge in [-0.05, 0) is 26.0 Å². The molecule has 2 aromatic rings. The number of nitrogens with two attached hydrogens (primary N) is 1. The number of nitro groups is 1. The number of nitro benzene ring substituents is 1. The van der Waals surface area contributed by atoms with Gasteiger partial charge in [-0.2, -0.15) is 4.99 Å². The second kappa shape index (κ2) is 6.83. The molecule has 0 bridgehead atoms. The fraction of sp³-hybridized carbons (Fsp3) is 0.154. The van der Waals surface area contributed by atoms with E-state index in [1.807, 2.05) is 13.8 Å². The summed E-state index contributed by atoms with van der Waals surface area (Å²) >= 11 is 1.36. The molecule has 10 heteroatoms. The monoisotopic (exact) mass is 334 g/mol. The van der Waals surface area contributed by atoms with E-state index >= 15 is 0 Å². The van der Waals surface area contributed by atoms with Crippen LogP contribution in [0.25, 0.3) is 0 Å². The molecule has 9 nitrogen and oxygen atoms in total. The van der Waals surface area contributed by atoms with Crippen LogP contribution < -0.4 is 16.4 Å². The third-order valence-electron chi connectivity index (χ3n) is 2.81. The van der Waals surface area contributed by atoms with Gasteiger partial charge in [0.2, 0.25) is 11.1 Å². The van der Waals surface area contributed by atoms with Crippen molar-refractivity contribution in [1.82, 2.24) is 10.3 Å². The molecule has 0 saturated carbocycles. The van der Waals surface area contributed by atoms with E-state index in [0.717, 1.165) is 10.6 Å². The topological polar surface area (TPSA) is 136 Å². The maximum absolute atomic E-state index is 11.8.